The molecular formula is C12H8BrSe. The van der Waals surface area contributed by atoms with Crippen LogP contribution in [0, 0.1) is 0 Å². The van der Waals surface area contributed by atoms with Gasteiger partial charge in [0.1, 0.15) is 0 Å². The van der Waals surface area contributed by atoms with Crippen LogP contribution in [0.3, 0.4) is 0 Å². The van der Waals surface area contributed by atoms with Crippen LogP contribution in [0.1, 0.15) is 0 Å². The summed E-state index contributed by atoms with van der Waals surface area (Å²) in [6.07, 6.45) is 0. The van der Waals surface area contributed by atoms with E-state index in [1.165, 1.54) is 15.6 Å². The van der Waals surface area contributed by atoms with Crippen LogP contribution in [0.2, 0.25) is 0 Å². The second kappa shape index (κ2) is 4.31. The monoisotopic (exact) mass is 311 g/mol. The first-order valence-corrected chi connectivity index (χ1v) is 5.94. The molecule has 0 heterocycles. The summed E-state index contributed by atoms with van der Waals surface area (Å²) in [6.45, 7) is 0. The van der Waals surface area contributed by atoms with Gasteiger partial charge in [-0.25, -0.2) is 0 Å². The molecule has 0 aliphatic carbocycles. The summed E-state index contributed by atoms with van der Waals surface area (Å²) < 4.78 is 2.30. The molecular weight excluding hydrogens is 303 g/mol. The minimum atomic E-state index is 1.11. The van der Waals surface area contributed by atoms with Gasteiger partial charge >= 0.3 is 101 Å². The van der Waals surface area contributed by atoms with Crippen LogP contribution in [0.4, 0.5) is 0 Å². The van der Waals surface area contributed by atoms with Crippen LogP contribution in [0.15, 0.2) is 53.0 Å². The zero-order valence-corrected chi connectivity index (χ0v) is 10.7. The summed E-state index contributed by atoms with van der Waals surface area (Å²) in [4.78, 5) is 0. The van der Waals surface area contributed by atoms with Crippen LogP contribution in [0.25, 0.3) is 11.1 Å². The molecule has 2 aromatic carbocycles. The fourth-order valence-electron chi connectivity index (χ4n) is 1.36. The molecule has 2 heteroatoms. The molecule has 0 aliphatic rings. The van der Waals surface area contributed by atoms with Gasteiger partial charge in [-0.1, -0.05) is 0 Å². The molecule has 0 amide bonds. The summed E-state index contributed by atoms with van der Waals surface area (Å²) >= 11 is 6.55. The quantitative estimate of drug-likeness (QED) is 0.711. The molecule has 0 aliphatic heterocycles. The van der Waals surface area contributed by atoms with E-state index in [1.54, 1.807) is 0 Å². The average molecular weight is 311 g/mol. The Kier molecular flexibility index (Phi) is 3.07. The third-order valence-electron chi connectivity index (χ3n) is 2.02. The molecule has 0 atom stereocenters. The second-order valence-corrected chi connectivity index (χ2v) is 4.84. The summed E-state index contributed by atoms with van der Waals surface area (Å²) in [5.74, 6) is 0. The Hall–Kier alpha value is -0.561. The third-order valence-corrected chi connectivity index (χ3v) is 3.26. The van der Waals surface area contributed by atoms with E-state index in [1.807, 2.05) is 18.2 Å². The minimum absolute atomic E-state index is 1.11. The van der Waals surface area contributed by atoms with Crippen molar-refractivity contribution >= 4 is 36.4 Å². The summed E-state index contributed by atoms with van der Waals surface area (Å²) in [6, 6.07) is 16.6. The zero-order chi connectivity index (χ0) is 9.97. The van der Waals surface area contributed by atoms with Crippen molar-refractivity contribution in [3.8, 4) is 11.1 Å². The topological polar surface area (TPSA) is 0 Å². The molecule has 2 aromatic rings. The zero-order valence-electron chi connectivity index (χ0n) is 7.41. The Labute approximate surface area is 100 Å². The molecule has 1 radical (unpaired) electrons. The van der Waals surface area contributed by atoms with Crippen molar-refractivity contribution in [1.82, 2.24) is 0 Å². The number of hydrogen-bond acceptors (Lipinski definition) is 0. The Morgan fingerprint density at radius 2 is 1.71 bits per heavy atom. The van der Waals surface area contributed by atoms with E-state index in [2.05, 4.69) is 62.3 Å². The summed E-state index contributed by atoms with van der Waals surface area (Å²) in [5, 5.41) is 0. The SMILES string of the molecule is [Se]c1ccccc1-c1cccc(Br)c1. The van der Waals surface area contributed by atoms with E-state index in [-0.39, 0.29) is 0 Å². The normalized spacial score (nSPS) is 10.1. The van der Waals surface area contributed by atoms with Crippen molar-refractivity contribution in [2.24, 2.45) is 0 Å². The van der Waals surface area contributed by atoms with E-state index in [9.17, 15) is 0 Å². The Morgan fingerprint density at radius 1 is 0.929 bits per heavy atom. The van der Waals surface area contributed by atoms with Crippen LogP contribution < -0.4 is 4.46 Å². The fourth-order valence-corrected chi connectivity index (χ4v) is 2.32. The first-order chi connectivity index (χ1) is 6.77. The van der Waals surface area contributed by atoms with Gasteiger partial charge in [0.2, 0.25) is 0 Å². The number of benzene rings is 2. The maximum atomic E-state index is 3.47. The predicted molar refractivity (Wildman–Crippen MR) is 65.0 cm³/mol. The molecule has 69 valence electrons. The first kappa shape index (κ1) is 9.97. The fraction of sp³-hybridized carbons (Fsp3) is 0. The summed E-state index contributed by atoms with van der Waals surface area (Å²) in [7, 11) is 0. The van der Waals surface area contributed by atoms with Gasteiger partial charge in [-0.15, -0.1) is 0 Å². The Bertz CT molecular complexity index is 452. The van der Waals surface area contributed by atoms with Gasteiger partial charge < -0.3 is 0 Å². The van der Waals surface area contributed by atoms with E-state index in [0.29, 0.717) is 0 Å². The van der Waals surface area contributed by atoms with Gasteiger partial charge in [-0.2, -0.15) is 0 Å². The van der Waals surface area contributed by atoms with Gasteiger partial charge in [0.05, 0.1) is 0 Å². The van der Waals surface area contributed by atoms with Crippen LogP contribution in [0.5, 0.6) is 0 Å². The molecule has 0 spiro atoms. The van der Waals surface area contributed by atoms with Crippen molar-refractivity contribution in [1.29, 1.82) is 0 Å². The Balaban J connectivity index is 2.55. The molecule has 0 bridgehead atoms. The molecule has 2 rings (SSSR count). The van der Waals surface area contributed by atoms with E-state index >= 15 is 0 Å². The second-order valence-electron chi connectivity index (χ2n) is 3.01. The molecule has 0 aromatic heterocycles. The van der Waals surface area contributed by atoms with Crippen LogP contribution in [-0.2, 0) is 0 Å². The van der Waals surface area contributed by atoms with E-state index < -0.39 is 0 Å². The van der Waals surface area contributed by atoms with Gasteiger partial charge in [-0.3, -0.25) is 0 Å². The van der Waals surface area contributed by atoms with Crippen LogP contribution >= 0.6 is 15.9 Å². The number of halogens is 1. The molecule has 0 saturated heterocycles. The predicted octanol–water partition coefficient (Wildman–Crippen LogP) is 2.91. The Morgan fingerprint density at radius 3 is 2.43 bits per heavy atom. The van der Waals surface area contributed by atoms with Crippen molar-refractivity contribution in [2.75, 3.05) is 0 Å². The standard InChI is InChI=1S/C12H8BrSe/c13-10-5-3-4-9(8-10)11-6-1-2-7-12(11)14/h1-8H. The van der Waals surface area contributed by atoms with E-state index in [0.717, 1.165) is 4.47 Å². The molecule has 0 fully saturated rings. The van der Waals surface area contributed by atoms with Crippen molar-refractivity contribution in [3.63, 3.8) is 0 Å². The van der Waals surface area contributed by atoms with Crippen molar-refractivity contribution in [3.05, 3.63) is 53.0 Å². The van der Waals surface area contributed by atoms with Crippen molar-refractivity contribution < 1.29 is 0 Å². The molecule has 0 unspecified atom stereocenters. The van der Waals surface area contributed by atoms with Gasteiger partial charge in [0, 0.05) is 0 Å². The van der Waals surface area contributed by atoms with E-state index in [4.69, 9.17) is 0 Å². The van der Waals surface area contributed by atoms with Gasteiger partial charge in [-0.05, 0) is 0 Å². The van der Waals surface area contributed by atoms with Crippen LogP contribution in [-0.4, -0.2) is 16.0 Å². The summed E-state index contributed by atoms with van der Waals surface area (Å²) in [5.41, 5.74) is 2.47. The third kappa shape index (κ3) is 2.09. The molecule has 0 saturated carbocycles. The maximum absolute atomic E-state index is 3.47. The average Bonchev–Trinajstić information content (AvgIpc) is 2.18. The number of hydrogen-bond donors (Lipinski definition) is 0. The number of rotatable bonds is 1. The van der Waals surface area contributed by atoms with Gasteiger partial charge in [0.15, 0.2) is 0 Å². The van der Waals surface area contributed by atoms with Gasteiger partial charge in [0.25, 0.3) is 0 Å². The molecule has 0 N–H and O–H groups in total. The molecule has 0 nitrogen and oxygen atoms in total. The van der Waals surface area contributed by atoms with Crippen molar-refractivity contribution in [2.45, 2.75) is 0 Å². The first-order valence-electron chi connectivity index (χ1n) is 4.29. The molecule has 14 heavy (non-hydrogen) atoms.